The number of rotatable bonds is 9. The first kappa shape index (κ1) is 24.2. The number of carbonyl (C=O) groups is 1. The molecule has 1 N–H and O–H groups in total. The maximum absolute atomic E-state index is 13.3. The second-order valence-corrected chi connectivity index (χ2v) is 9.43. The van der Waals surface area contributed by atoms with E-state index in [9.17, 15) is 14.3 Å². The molecule has 0 unspecified atom stereocenters. The highest BCUT2D eigenvalue weighted by Gasteiger charge is 2.27. The van der Waals surface area contributed by atoms with Crippen LogP contribution in [0, 0.1) is 5.82 Å². The average molecular weight is 443 g/mol. The fourth-order valence-corrected chi connectivity index (χ4v) is 3.92. The van der Waals surface area contributed by atoms with Gasteiger partial charge in [-0.1, -0.05) is 24.3 Å². The molecule has 0 spiro atoms. The number of hydrogen-bond donors (Lipinski definition) is 1. The van der Waals surface area contributed by atoms with Gasteiger partial charge in [0.05, 0.1) is 5.60 Å². The number of aryl methyl sites for hydroxylation is 1. The Labute approximate surface area is 190 Å². The van der Waals surface area contributed by atoms with E-state index in [4.69, 9.17) is 4.74 Å². The van der Waals surface area contributed by atoms with Gasteiger partial charge >= 0.3 is 0 Å². The molecule has 0 radical (unpaired) electrons. The number of hydrogen-bond acceptors (Lipinski definition) is 4. The summed E-state index contributed by atoms with van der Waals surface area (Å²) in [4.78, 5) is 17.5. The molecule has 0 bridgehead atoms. The molecule has 0 aliphatic carbocycles. The van der Waals surface area contributed by atoms with Crippen LogP contribution in [0.2, 0.25) is 0 Å². The number of aliphatic hydroxyl groups is 1. The summed E-state index contributed by atoms with van der Waals surface area (Å²) in [7, 11) is 2.11. The third-order valence-corrected chi connectivity index (χ3v) is 5.86. The number of benzene rings is 2. The number of nitrogens with zero attached hydrogens (tertiary/aromatic N) is 2. The van der Waals surface area contributed by atoms with Gasteiger partial charge < -0.3 is 19.6 Å². The number of likely N-dealkylation sites (tertiary alicyclic amines) is 1. The van der Waals surface area contributed by atoms with Crippen LogP contribution < -0.4 is 4.74 Å². The Hall–Kier alpha value is -2.44. The van der Waals surface area contributed by atoms with Gasteiger partial charge in [-0.2, -0.15) is 0 Å². The van der Waals surface area contributed by atoms with Gasteiger partial charge in [-0.05, 0) is 88.6 Å². The number of halogens is 1. The number of carbonyl (C=O) groups excluding carboxylic acids is 1. The van der Waals surface area contributed by atoms with Crippen molar-refractivity contribution in [2.75, 3.05) is 26.7 Å². The molecule has 3 rings (SSSR count). The first-order valence-corrected chi connectivity index (χ1v) is 11.4. The van der Waals surface area contributed by atoms with Gasteiger partial charge in [0.1, 0.15) is 18.2 Å². The van der Waals surface area contributed by atoms with Crippen molar-refractivity contribution < 1.29 is 19.0 Å². The molecule has 1 amide bonds. The van der Waals surface area contributed by atoms with Crippen LogP contribution in [0.4, 0.5) is 4.39 Å². The van der Waals surface area contributed by atoms with E-state index in [1.54, 1.807) is 26.0 Å². The minimum Gasteiger partial charge on any atom is -0.491 e. The van der Waals surface area contributed by atoms with Crippen LogP contribution in [0.5, 0.6) is 5.75 Å². The molecule has 0 atom stereocenters. The second kappa shape index (κ2) is 10.9. The van der Waals surface area contributed by atoms with Crippen molar-refractivity contribution in [2.45, 2.75) is 57.7 Å². The van der Waals surface area contributed by atoms with Crippen LogP contribution in [-0.2, 0) is 17.8 Å². The quantitative estimate of drug-likeness (QED) is 0.637. The molecule has 2 aromatic carbocycles. The summed E-state index contributed by atoms with van der Waals surface area (Å²) in [6.07, 6.45) is 2.99. The van der Waals surface area contributed by atoms with Gasteiger partial charge in [0.2, 0.25) is 5.91 Å². The zero-order valence-corrected chi connectivity index (χ0v) is 19.4. The molecule has 1 aliphatic heterocycles. The number of piperidine rings is 1. The SMILES string of the molecule is CN1CCC(N(Cc2ccc(F)cc2)C(=O)CCc2ccc(OCC(C)(C)O)cc2)CC1. The zero-order valence-electron chi connectivity index (χ0n) is 19.4. The van der Waals surface area contributed by atoms with E-state index < -0.39 is 5.60 Å². The minimum atomic E-state index is -0.882. The zero-order chi connectivity index (χ0) is 23.1. The van der Waals surface area contributed by atoms with Crippen molar-refractivity contribution in [1.29, 1.82) is 0 Å². The molecular formula is C26H35FN2O3. The predicted molar refractivity (Wildman–Crippen MR) is 124 cm³/mol. The second-order valence-electron chi connectivity index (χ2n) is 9.43. The van der Waals surface area contributed by atoms with Gasteiger partial charge in [0, 0.05) is 19.0 Å². The Morgan fingerprint density at radius 2 is 1.69 bits per heavy atom. The first-order chi connectivity index (χ1) is 15.2. The van der Waals surface area contributed by atoms with E-state index in [0.717, 1.165) is 37.1 Å². The standard InChI is InChI=1S/C26H35FN2O3/c1-26(2,31)19-32-24-11-6-20(7-12-24)8-13-25(30)29(23-14-16-28(3)17-15-23)18-21-4-9-22(27)10-5-21/h4-7,9-12,23,31H,8,13-19H2,1-3H3. The van der Waals surface area contributed by atoms with Crippen LogP contribution in [0.1, 0.15) is 44.2 Å². The average Bonchev–Trinajstić information content (AvgIpc) is 2.76. The van der Waals surface area contributed by atoms with Crippen molar-refractivity contribution in [1.82, 2.24) is 9.80 Å². The van der Waals surface area contributed by atoms with Crippen molar-refractivity contribution in [3.05, 3.63) is 65.5 Å². The molecule has 1 aliphatic rings. The molecule has 32 heavy (non-hydrogen) atoms. The monoisotopic (exact) mass is 442 g/mol. The smallest absolute Gasteiger partial charge is 0.223 e. The van der Waals surface area contributed by atoms with Crippen LogP contribution in [0.25, 0.3) is 0 Å². The first-order valence-electron chi connectivity index (χ1n) is 11.4. The Morgan fingerprint density at radius 1 is 1.09 bits per heavy atom. The van der Waals surface area contributed by atoms with Gasteiger partial charge in [0.15, 0.2) is 0 Å². The van der Waals surface area contributed by atoms with E-state index in [0.29, 0.717) is 25.1 Å². The molecular weight excluding hydrogens is 407 g/mol. The van der Waals surface area contributed by atoms with Crippen molar-refractivity contribution in [2.24, 2.45) is 0 Å². The minimum absolute atomic E-state index is 0.131. The number of amides is 1. The van der Waals surface area contributed by atoms with Crippen molar-refractivity contribution in [3.8, 4) is 5.75 Å². The largest absolute Gasteiger partial charge is 0.491 e. The number of ether oxygens (including phenoxy) is 1. The third kappa shape index (κ3) is 7.61. The summed E-state index contributed by atoms with van der Waals surface area (Å²) < 4.78 is 18.9. The Bertz CT molecular complexity index is 854. The highest BCUT2D eigenvalue weighted by Crippen LogP contribution is 2.21. The predicted octanol–water partition coefficient (Wildman–Crippen LogP) is 4.03. The summed E-state index contributed by atoms with van der Waals surface area (Å²) in [5.74, 6) is 0.568. The van der Waals surface area contributed by atoms with Crippen LogP contribution in [0.15, 0.2) is 48.5 Å². The summed E-state index contributed by atoms with van der Waals surface area (Å²) in [6.45, 7) is 6.09. The Morgan fingerprint density at radius 3 is 2.28 bits per heavy atom. The highest BCUT2D eigenvalue weighted by molar-refractivity contribution is 5.77. The normalized spacial score (nSPS) is 15.5. The molecule has 5 nitrogen and oxygen atoms in total. The van der Waals surface area contributed by atoms with Crippen LogP contribution in [0.3, 0.4) is 0 Å². The molecule has 1 fully saturated rings. The molecule has 1 saturated heterocycles. The van der Waals surface area contributed by atoms with Gasteiger partial charge in [-0.3, -0.25) is 4.79 Å². The summed E-state index contributed by atoms with van der Waals surface area (Å²) in [6, 6.07) is 14.3. The summed E-state index contributed by atoms with van der Waals surface area (Å²) >= 11 is 0. The third-order valence-electron chi connectivity index (χ3n) is 5.86. The highest BCUT2D eigenvalue weighted by atomic mass is 19.1. The lowest BCUT2D eigenvalue weighted by molar-refractivity contribution is -0.135. The maximum atomic E-state index is 13.3. The maximum Gasteiger partial charge on any atom is 0.223 e. The fourth-order valence-electron chi connectivity index (χ4n) is 3.92. The van der Waals surface area contributed by atoms with E-state index in [-0.39, 0.29) is 24.4 Å². The van der Waals surface area contributed by atoms with Crippen molar-refractivity contribution >= 4 is 5.91 Å². The van der Waals surface area contributed by atoms with Gasteiger partial charge in [-0.25, -0.2) is 4.39 Å². The lowest BCUT2D eigenvalue weighted by Crippen LogP contribution is -2.46. The van der Waals surface area contributed by atoms with Crippen molar-refractivity contribution in [3.63, 3.8) is 0 Å². The van der Waals surface area contributed by atoms with E-state index >= 15 is 0 Å². The van der Waals surface area contributed by atoms with Crippen LogP contribution in [-0.4, -0.2) is 59.2 Å². The summed E-state index contributed by atoms with van der Waals surface area (Å²) in [5, 5.41) is 9.78. The molecule has 6 heteroatoms. The topological polar surface area (TPSA) is 53.0 Å². The van der Waals surface area contributed by atoms with E-state index in [2.05, 4.69) is 11.9 Å². The van der Waals surface area contributed by atoms with E-state index in [1.165, 1.54) is 12.1 Å². The summed E-state index contributed by atoms with van der Waals surface area (Å²) in [5.41, 5.74) is 1.14. The van der Waals surface area contributed by atoms with Gasteiger partial charge in [0.25, 0.3) is 0 Å². The molecule has 2 aromatic rings. The van der Waals surface area contributed by atoms with Gasteiger partial charge in [-0.15, -0.1) is 0 Å². The molecule has 174 valence electrons. The molecule has 0 saturated carbocycles. The Kier molecular flexibility index (Phi) is 8.26. The Balaban J connectivity index is 1.60. The van der Waals surface area contributed by atoms with Crippen LogP contribution >= 0.6 is 0 Å². The lowest BCUT2D eigenvalue weighted by Gasteiger charge is -2.37. The molecule has 1 heterocycles. The lowest BCUT2D eigenvalue weighted by atomic mass is 10.0. The fraction of sp³-hybridized carbons (Fsp3) is 0.500. The van der Waals surface area contributed by atoms with E-state index in [1.807, 2.05) is 29.2 Å². The molecule has 0 aromatic heterocycles.